The maximum Gasteiger partial charge on any atom is 0.341 e. The fourth-order valence-electron chi connectivity index (χ4n) is 2.48. The van der Waals surface area contributed by atoms with E-state index in [1.165, 1.54) is 57.4 Å². The Morgan fingerprint density at radius 2 is 1.39 bits per heavy atom. The molecule has 23 heavy (non-hydrogen) atoms. The summed E-state index contributed by atoms with van der Waals surface area (Å²) < 4.78 is 5.13. The molecular formula is C17H31Cl3O2Si. The van der Waals surface area contributed by atoms with Crippen molar-refractivity contribution < 1.29 is 9.53 Å². The van der Waals surface area contributed by atoms with Gasteiger partial charge in [-0.3, -0.25) is 0 Å². The second kappa shape index (κ2) is 14.6. The van der Waals surface area contributed by atoms with Gasteiger partial charge < -0.3 is 4.74 Å². The quantitative estimate of drug-likeness (QED) is 0.0965. The molecule has 0 aromatic carbocycles. The normalized spacial score (nSPS) is 12.9. The molecule has 0 aliphatic carbocycles. The van der Waals surface area contributed by atoms with Crippen molar-refractivity contribution in [2.45, 2.75) is 89.7 Å². The van der Waals surface area contributed by atoms with Crippen molar-refractivity contribution in [3.63, 3.8) is 0 Å². The number of ether oxygens (including phenoxy) is 1. The molecule has 0 amide bonds. The van der Waals surface area contributed by atoms with E-state index in [1.807, 2.05) is 6.92 Å². The van der Waals surface area contributed by atoms with Gasteiger partial charge in [0.25, 0.3) is 0 Å². The highest BCUT2D eigenvalue weighted by molar-refractivity contribution is 7.64. The van der Waals surface area contributed by atoms with Crippen LogP contribution in [-0.4, -0.2) is 18.1 Å². The van der Waals surface area contributed by atoms with Gasteiger partial charge in [-0.05, 0) is 25.8 Å². The molecule has 1 unspecified atom stereocenters. The zero-order valence-corrected chi connectivity index (χ0v) is 17.6. The third-order valence-electron chi connectivity index (χ3n) is 3.80. The smallest absolute Gasteiger partial charge is 0.341 e. The summed E-state index contributed by atoms with van der Waals surface area (Å²) in [6, 6.07) is -1.60. The lowest BCUT2D eigenvalue weighted by molar-refractivity contribution is -0.142. The molecule has 0 aliphatic rings. The standard InChI is InChI=1S/C17H31Cl3O2Si/c1-3-17(21)22-16(2)14-12-10-8-6-4-5-7-9-11-13-15-23(18,19)20/h3,16H,1,4-15H2,2H3. The van der Waals surface area contributed by atoms with Crippen molar-refractivity contribution in [2.75, 3.05) is 0 Å². The van der Waals surface area contributed by atoms with Gasteiger partial charge >= 0.3 is 12.0 Å². The Morgan fingerprint density at radius 3 is 1.83 bits per heavy atom. The van der Waals surface area contributed by atoms with Gasteiger partial charge in [0.1, 0.15) is 0 Å². The Bertz CT molecular complexity index is 319. The number of esters is 1. The van der Waals surface area contributed by atoms with Crippen LogP contribution in [0.15, 0.2) is 12.7 Å². The Kier molecular flexibility index (Phi) is 14.8. The summed E-state index contributed by atoms with van der Waals surface area (Å²) in [6.45, 7) is 5.33. The first-order valence-corrected chi connectivity index (χ1v) is 14.0. The van der Waals surface area contributed by atoms with Gasteiger partial charge in [0.05, 0.1) is 6.10 Å². The van der Waals surface area contributed by atoms with E-state index in [0.717, 1.165) is 25.3 Å². The lowest BCUT2D eigenvalue weighted by Crippen LogP contribution is -2.12. The third-order valence-corrected chi connectivity index (χ3v) is 6.43. The number of rotatable bonds is 15. The molecule has 2 nitrogen and oxygen atoms in total. The van der Waals surface area contributed by atoms with Crippen LogP contribution in [0.3, 0.4) is 0 Å². The predicted octanol–water partition coefficient (Wildman–Crippen LogP) is 7.05. The average Bonchev–Trinajstić information content (AvgIpc) is 2.47. The van der Waals surface area contributed by atoms with E-state index in [-0.39, 0.29) is 12.1 Å². The second-order valence-electron chi connectivity index (χ2n) is 6.14. The summed E-state index contributed by atoms with van der Waals surface area (Å²) in [5.41, 5.74) is 0. The SMILES string of the molecule is C=CC(=O)OC(C)CCCCCCCCCCCC[Si](Cl)(Cl)Cl. The Balaban J connectivity index is 3.22. The van der Waals surface area contributed by atoms with Crippen LogP contribution in [0.1, 0.15) is 77.6 Å². The third kappa shape index (κ3) is 18.5. The molecule has 1 atom stereocenters. The van der Waals surface area contributed by atoms with Gasteiger partial charge in [-0.1, -0.05) is 64.4 Å². The number of hydrogen-bond acceptors (Lipinski definition) is 2. The Morgan fingerprint density at radius 1 is 0.957 bits per heavy atom. The minimum atomic E-state index is -2.39. The van der Waals surface area contributed by atoms with Crippen LogP contribution in [-0.2, 0) is 9.53 Å². The van der Waals surface area contributed by atoms with Gasteiger partial charge in [0, 0.05) is 6.08 Å². The summed E-state index contributed by atoms with van der Waals surface area (Å²) in [5, 5.41) is 0. The fourth-order valence-corrected chi connectivity index (χ4v) is 4.33. The zero-order chi connectivity index (χ0) is 17.6. The van der Waals surface area contributed by atoms with Crippen LogP contribution >= 0.6 is 33.2 Å². The van der Waals surface area contributed by atoms with Crippen LogP contribution < -0.4 is 0 Å². The van der Waals surface area contributed by atoms with Gasteiger partial charge in [0.15, 0.2) is 0 Å². The van der Waals surface area contributed by atoms with Gasteiger partial charge in [-0.15, -0.1) is 33.2 Å². The molecule has 0 radical (unpaired) electrons. The van der Waals surface area contributed by atoms with Gasteiger partial charge in [-0.2, -0.15) is 0 Å². The highest BCUT2D eigenvalue weighted by atomic mass is 35.8. The first kappa shape index (κ1) is 23.3. The molecule has 0 heterocycles. The molecule has 0 fully saturated rings. The van der Waals surface area contributed by atoms with Crippen molar-refractivity contribution in [1.82, 2.24) is 0 Å². The number of carbonyl (C=O) groups excluding carboxylic acids is 1. The molecular weight excluding hydrogens is 371 g/mol. The van der Waals surface area contributed by atoms with Crippen molar-refractivity contribution in [3.8, 4) is 0 Å². The average molecular weight is 402 g/mol. The van der Waals surface area contributed by atoms with Crippen LogP contribution in [0.2, 0.25) is 6.04 Å². The number of hydrogen-bond donors (Lipinski definition) is 0. The number of unbranched alkanes of at least 4 members (excludes halogenated alkanes) is 9. The Labute approximate surface area is 157 Å². The molecule has 0 bridgehead atoms. The highest BCUT2D eigenvalue weighted by Crippen LogP contribution is 2.27. The zero-order valence-electron chi connectivity index (χ0n) is 14.3. The minimum Gasteiger partial charge on any atom is -0.460 e. The predicted molar refractivity (Wildman–Crippen MR) is 105 cm³/mol. The van der Waals surface area contributed by atoms with Gasteiger partial charge in [-0.25, -0.2) is 4.79 Å². The van der Waals surface area contributed by atoms with Crippen molar-refractivity contribution in [2.24, 2.45) is 0 Å². The molecule has 0 aromatic heterocycles. The van der Waals surface area contributed by atoms with Crippen LogP contribution in [0.25, 0.3) is 0 Å². The van der Waals surface area contributed by atoms with Gasteiger partial charge in [0.2, 0.25) is 0 Å². The molecule has 0 aliphatic heterocycles. The number of halogens is 3. The van der Waals surface area contributed by atoms with E-state index < -0.39 is 6.00 Å². The summed E-state index contributed by atoms with van der Waals surface area (Å²) in [5.74, 6) is -0.325. The second-order valence-corrected chi connectivity index (χ2v) is 15.4. The molecule has 0 saturated carbocycles. The van der Waals surface area contributed by atoms with Crippen molar-refractivity contribution in [1.29, 1.82) is 0 Å². The lowest BCUT2D eigenvalue weighted by Gasteiger charge is -2.11. The number of carbonyl (C=O) groups is 1. The summed E-state index contributed by atoms with van der Waals surface area (Å²) in [7, 11) is 0. The Hall–Kier alpha value is 0.297. The molecule has 0 saturated heterocycles. The van der Waals surface area contributed by atoms with Crippen molar-refractivity contribution >= 4 is 45.2 Å². The minimum absolute atomic E-state index is 0.00346. The molecule has 136 valence electrons. The lowest BCUT2D eigenvalue weighted by atomic mass is 10.0. The topological polar surface area (TPSA) is 26.3 Å². The maximum absolute atomic E-state index is 11.0. The fraction of sp³-hybridized carbons (Fsp3) is 0.824. The van der Waals surface area contributed by atoms with E-state index in [4.69, 9.17) is 38.0 Å². The summed E-state index contributed by atoms with van der Waals surface area (Å²) in [4.78, 5) is 11.0. The van der Waals surface area contributed by atoms with E-state index in [1.54, 1.807) is 0 Å². The summed E-state index contributed by atoms with van der Waals surface area (Å²) in [6.07, 6.45) is 14.4. The van der Waals surface area contributed by atoms with E-state index in [2.05, 4.69) is 6.58 Å². The molecule has 0 rings (SSSR count). The molecule has 0 N–H and O–H groups in total. The van der Waals surface area contributed by atoms with E-state index in [0.29, 0.717) is 0 Å². The molecule has 6 heteroatoms. The molecule has 0 aromatic rings. The van der Waals surface area contributed by atoms with E-state index >= 15 is 0 Å². The van der Waals surface area contributed by atoms with Crippen LogP contribution in [0.5, 0.6) is 0 Å². The highest BCUT2D eigenvalue weighted by Gasteiger charge is 2.23. The maximum atomic E-state index is 11.0. The summed E-state index contributed by atoms with van der Waals surface area (Å²) >= 11 is 17.5. The first-order chi connectivity index (χ1) is 10.8. The largest absolute Gasteiger partial charge is 0.460 e. The van der Waals surface area contributed by atoms with Crippen molar-refractivity contribution in [3.05, 3.63) is 12.7 Å². The van der Waals surface area contributed by atoms with Crippen LogP contribution in [0.4, 0.5) is 0 Å². The molecule has 0 spiro atoms. The first-order valence-electron chi connectivity index (χ1n) is 8.75. The van der Waals surface area contributed by atoms with E-state index in [9.17, 15) is 4.79 Å². The monoisotopic (exact) mass is 400 g/mol. The van der Waals surface area contributed by atoms with Crippen LogP contribution in [0, 0.1) is 0 Å².